The zero-order chi connectivity index (χ0) is 14.5. The number of nitrogens with one attached hydrogen (secondary N) is 1. The number of carbonyl (C=O) groups is 1. The molecular weight excluding hydrogens is 252 g/mol. The van der Waals surface area contributed by atoms with Crippen LogP contribution >= 0.6 is 0 Å². The summed E-state index contributed by atoms with van der Waals surface area (Å²) in [6.45, 7) is 4.11. The van der Waals surface area contributed by atoms with Gasteiger partial charge in [-0.3, -0.25) is 4.79 Å². The number of benzene rings is 1. The highest BCUT2D eigenvalue weighted by Gasteiger charge is 2.29. The third kappa shape index (κ3) is 4.53. The molecule has 2 atom stereocenters. The lowest BCUT2D eigenvalue weighted by Gasteiger charge is -2.14. The van der Waals surface area contributed by atoms with Crippen molar-refractivity contribution in [1.82, 2.24) is 0 Å². The molecule has 1 saturated carbocycles. The second kappa shape index (κ2) is 6.75. The fourth-order valence-electron chi connectivity index (χ4n) is 2.08. The highest BCUT2D eigenvalue weighted by molar-refractivity contribution is 5.91. The van der Waals surface area contributed by atoms with Crippen molar-refractivity contribution in [2.75, 3.05) is 5.32 Å². The van der Waals surface area contributed by atoms with Crippen LogP contribution in [0.25, 0.3) is 0 Å². The van der Waals surface area contributed by atoms with Crippen LogP contribution in [0.3, 0.4) is 0 Å². The number of rotatable bonds is 7. The molecule has 0 spiro atoms. The van der Waals surface area contributed by atoms with E-state index in [4.69, 9.17) is 10.5 Å². The predicted octanol–water partition coefficient (Wildman–Crippen LogP) is 2.93. The van der Waals surface area contributed by atoms with Gasteiger partial charge in [0.1, 0.15) is 5.75 Å². The Labute approximate surface area is 120 Å². The number of hydrogen-bond donors (Lipinski definition) is 2. The number of ether oxygens (including phenoxy) is 1. The Balaban J connectivity index is 1.88. The maximum absolute atomic E-state index is 11.9. The van der Waals surface area contributed by atoms with Crippen molar-refractivity contribution in [1.29, 1.82) is 0 Å². The third-order valence-corrected chi connectivity index (χ3v) is 3.68. The van der Waals surface area contributed by atoms with Gasteiger partial charge in [0.2, 0.25) is 5.91 Å². The molecule has 1 aliphatic carbocycles. The van der Waals surface area contributed by atoms with Crippen LogP contribution in [0.1, 0.15) is 39.5 Å². The van der Waals surface area contributed by atoms with Crippen LogP contribution in [0.4, 0.5) is 5.69 Å². The molecular formula is C16H24N2O2. The van der Waals surface area contributed by atoms with E-state index in [1.165, 1.54) is 0 Å². The summed E-state index contributed by atoms with van der Waals surface area (Å²) in [6, 6.07) is 7.50. The smallest absolute Gasteiger partial charge is 0.225 e. The average molecular weight is 276 g/mol. The van der Waals surface area contributed by atoms with Crippen LogP contribution in [0, 0.1) is 5.92 Å². The van der Waals surface area contributed by atoms with E-state index in [0.717, 1.165) is 30.7 Å². The Kier molecular flexibility index (Phi) is 5.01. The molecule has 1 aromatic rings. The first-order valence-electron chi connectivity index (χ1n) is 7.40. The van der Waals surface area contributed by atoms with E-state index in [1.54, 1.807) is 0 Å². The van der Waals surface area contributed by atoms with E-state index < -0.39 is 0 Å². The number of amides is 1. The van der Waals surface area contributed by atoms with Gasteiger partial charge in [0, 0.05) is 24.2 Å². The fraction of sp³-hybridized carbons (Fsp3) is 0.562. The molecule has 0 heterocycles. The lowest BCUT2D eigenvalue weighted by atomic mass is 10.1. The number of nitrogens with two attached hydrogens (primary N) is 1. The van der Waals surface area contributed by atoms with Gasteiger partial charge < -0.3 is 15.8 Å². The second-order valence-corrected chi connectivity index (χ2v) is 5.62. The summed E-state index contributed by atoms with van der Waals surface area (Å²) in [5.74, 6) is 1.30. The molecule has 1 amide bonds. The molecule has 0 bridgehead atoms. The molecule has 4 heteroatoms. The second-order valence-electron chi connectivity index (χ2n) is 5.62. The quantitative estimate of drug-likeness (QED) is 0.804. The zero-order valence-corrected chi connectivity index (χ0v) is 12.3. The zero-order valence-electron chi connectivity index (χ0n) is 12.3. The molecule has 2 unspecified atom stereocenters. The van der Waals surface area contributed by atoms with Gasteiger partial charge in [-0.1, -0.05) is 13.0 Å². The van der Waals surface area contributed by atoms with E-state index in [1.807, 2.05) is 31.2 Å². The van der Waals surface area contributed by atoms with Crippen LogP contribution in [-0.2, 0) is 4.79 Å². The molecule has 2 rings (SSSR count). The maximum Gasteiger partial charge on any atom is 0.225 e. The number of carbonyl (C=O) groups excluding carboxylic acids is 1. The molecule has 0 saturated heterocycles. The molecule has 1 fully saturated rings. The van der Waals surface area contributed by atoms with Gasteiger partial charge in [-0.2, -0.15) is 0 Å². The maximum atomic E-state index is 11.9. The first-order chi connectivity index (χ1) is 9.58. The van der Waals surface area contributed by atoms with Gasteiger partial charge >= 0.3 is 0 Å². The lowest BCUT2D eigenvalue weighted by Crippen LogP contribution is -2.28. The Bertz CT molecular complexity index is 458. The minimum atomic E-state index is -0.0231. The largest absolute Gasteiger partial charge is 0.491 e. The molecule has 4 nitrogen and oxygen atoms in total. The molecule has 1 aliphatic rings. The summed E-state index contributed by atoms with van der Waals surface area (Å²) in [5.41, 5.74) is 6.72. The van der Waals surface area contributed by atoms with Gasteiger partial charge in [-0.25, -0.2) is 0 Å². The topological polar surface area (TPSA) is 64.3 Å². The van der Waals surface area contributed by atoms with Crippen molar-refractivity contribution in [2.24, 2.45) is 11.7 Å². The van der Waals surface area contributed by atoms with Gasteiger partial charge in [-0.15, -0.1) is 0 Å². The van der Waals surface area contributed by atoms with Crippen LogP contribution in [0.15, 0.2) is 24.3 Å². The molecule has 110 valence electrons. The van der Waals surface area contributed by atoms with Gasteiger partial charge in [0.15, 0.2) is 0 Å². The number of hydrogen-bond acceptors (Lipinski definition) is 3. The SMILES string of the molecule is CCC(C)Oc1cccc(NC(=O)CC(N)C2CC2)c1. The van der Waals surface area contributed by atoms with E-state index in [-0.39, 0.29) is 18.1 Å². The van der Waals surface area contributed by atoms with Crippen LogP contribution < -0.4 is 15.8 Å². The van der Waals surface area contributed by atoms with E-state index >= 15 is 0 Å². The summed E-state index contributed by atoms with van der Waals surface area (Å²) < 4.78 is 5.74. The van der Waals surface area contributed by atoms with E-state index in [9.17, 15) is 4.79 Å². The predicted molar refractivity (Wildman–Crippen MR) is 80.8 cm³/mol. The Morgan fingerprint density at radius 3 is 2.90 bits per heavy atom. The van der Waals surface area contributed by atoms with E-state index in [0.29, 0.717) is 12.3 Å². The van der Waals surface area contributed by atoms with Crippen molar-refractivity contribution < 1.29 is 9.53 Å². The first-order valence-corrected chi connectivity index (χ1v) is 7.40. The molecule has 0 aliphatic heterocycles. The first kappa shape index (κ1) is 14.9. The van der Waals surface area contributed by atoms with Crippen molar-refractivity contribution >= 4 is 11.6 Å². The summed E-state index contributed by atoms with van der Waals surface area (Å²) in [4.78, 5) is 11.9. The lowest BCUT2D eigenvalue weighted by molar-refractivity contribution is -0.116. The summed E-state index contributed by atoms with van der Waals surface area (Å²) in [7, 11) is 0. The summed E-state index contributed by atoms with van der Waals surface area (Å²) in [5, 5.41) is 2.89. The summed E-state index contributed by atoms with van der Waals surface area (Å²) in [6.07, 6.45) is 3.83. The van der Waals surface area contributed by atoms with Crippen LogP contribution in [-0.4, -0.2) is 18.1 Å². The van der Waals surface area contributed by atoms with Crippen molar-refractivity contribution in [3.63, 3.8) is 0 Å². The molecule has 1 aromatic carbocycles. The summed E-state index contributed by atoms with van der Waals surface area (Å²) >= 11 is 0. The van der Waals surface area contributed by atoms with Crippen molar-refractivity contribution in [3.05, 3.63) is 24.3 Å². The number of anilines is 1. The van der Waals surface area contributed by atoms with Crippen molar-refractivity contribution in [2.45, 2.75) is 51.7 Å². The minimum absolute atomic E-state index is 0.00505. The molecule has 0 radical (unpaired) electrons. The highest BCUT2D eigenvalue weighted by Crippen LogP contribution is 2.32. The molecule has 20 heavy (non-hydrogen) atoms. The average Bonchev–Trinajstić information content (AvgIpc) is 3.23. The normalized spacial score (nSPS) is 17.4. The van der Waals surface area contributed by atoms with Gasteiger partial charge in [0.05, 0.1) is 6.10 Å². The molecule has 0 aromatic heterocycles. The fourth-order valence-corrected chi connectivity index (χ4v) is 2.08. The monoisotopic (exact) mass is 276 g/mol. The standard InChI is InChI=1S/C16H24N2O2/c1-3-11(2)20-14-6-4-5-13(9-14)18-16(19)10-15(17)12-7-8-12/h4-6,9,11-12,15H,3,7-8,10,17H2,1-2H3,(H,18,19). The highest BCUT2D eigenvalue weighted by atomic mass is 16.5. The Morgan fingerprint density at radius 2 is 2.25 bits per heavy atom. The van der Waals surface area contributed by atoms with Gasteiger partial charge in [0.25, 0.3) is 0 Å². The van der Waals surface area contributed by atoms with Crippen LogP contribution in [0.2, 0.25) is 0 Å². The van der Waals surface area contributed by atoms with Crippen LogP contribution in [0.5, 0.6) is 5.75 Å². The Morgan fingerprint density at radius 1 is 1.50 bits per heavy atom. The van der Waals surface area contributed by atoms with Gasteiger partial charge in [-0.05, 0) is 44.2 Å². The molecule has 3 N–H and O–H groups in total. The Hall–Kier alpha value is -1.55. The third-order valence-electron chi connectivity index (χ3n) is 3.68. The van der Waals surface area contributed by atoms with E-state index in [2.05, 4.69) is 12.2 Å². The van der Waals surface area contributed by atoms with Crippen molar-refractivity contribution in [3.8, 4) is 5.75 Å². The minimum Gasteiger partial charge on any atom is -0.491 e.